The predicted molar refractivity (Wildman–Crippen MR) is 80.5 cm³/mol. The van der Waals surface area contributed by atoms with Crippen LogP contribution in [-0.2, 0) is 0 Å². The van der Waals surface area contributed by atoms with E-state index in [2.05, 4.69) is 22.0 Å². The Labute approximate surface area is 125 Å². The zero-order valence-electron chi connectivity index (χ0n) is 10.1. The Morgan fingerprint density at radius 2 is 1.95 bits per heavy atom. The van der Waals surface area contributed by atoms with Crippen molar-refractivity contribution >= 4 is 27.5 Å². The quantitative estimate of drug-likeness (QED) is 0.823. The molecule has 2 nitrogen and oxygen atoms in total. The zero-order valence-corrected chi connectivity index (χ0v) is 12.5. The molecule has 3 rings (SSSR count). The van der Waals surface area contributed by atoms with Crippen molar-refractivity contribution in [1.29, 1.82) is 0 Å². The lowest BCUT2D eigenvalue weighted by Gasteiger charge is -2.31. The standard InChI is InChI=1S/C15H13BrClNO/c16-12-4-2-1-3-10(12)15-8-13(18)11-7-9(17)5-6-14(11)19-15/h1-7,13,15H,8,18H2/t13-,15?/m0/s1. The summed E-state index contributed by atoms with van der Waals surface area (Å²) in [7, 11) is 0. The molecule has 1 aliphatic rings. The largest absolute Gasteiger partial charge is 0.485 e. The van der Waals surface area contributed by atoms with Gasteiger partial charge in [0.2, 0.25) is 0 Å². The van der Waals surface area contributed by atoms with Gasteiger partial charge in [-0.05, 0) is 24.3 Å². The molecule has 0 spiro atoms. The Morgan fingerprint density at radius 1 is 1.16 bits per heavy atom. The number of benzene rings is 2. The van der Waals surface area contributed by atoms with Gasteiger partial charge in [0.05, 0.1) is 0 Å². The highest BCUT2D eigenvalue weighted by Crippen LogP contribution is 2.42. The lowest BCUT2D eigenvalue weighted by molar-refractivity contribution is 0.161. The fourth-order valence-corrected chi connectivity index (χ4v) is 3.12. The minimum Gasteiger partial charge on any atom is -0.485 e. The molecule has 1 aliphatic heterocycles. The Bertz CT molecular complexity index is 617. The lowest BCUT2D eigenvalue weighted by Crippen LogP contribution is -2.24. The fourth-order valence-electron chi connectivity index (χ4n) is 2.40. The van der Waals surface area contributed by atoms with Crippen molar-refractivity contribution in [3.8, 4) is 5.75 Å². The Kier molecular flexibility index (Phi) is 3.52. The van der Waals surface area contributed by atoms with Crippen LogP contribution in [0.2, 0.25) is 5.02 Å². The summed E-state index contributed by atoms with van der Waals surface area (Å²) in [6.45, 7) is 0. The van der Waals surface area contributed by atoms with Gasteiger partial charge in [0.1, 0.15) is 11.9 Å². The highest BCUT2D eigenvalue weighted by molar-refractivity contribution is 9.10. The van der Waals surface area contributed by atoms with E-state index in [1.807, 2.05) is 36.4 Å². The van der Waals surface area contributed by atoms with Crippen molar-refractivity contribution in [3.05, 3.63) is 63.1 Å². The van der Waals surface area contributed by atoms with Crippen LogP contribution in [0.4, 0.5) is 0 Å². The van der Waals surface area contributed by atoms with E-state index in [9.17, 15) is 0 Å². The molecule has 0 radical (unpaired) electrons. The highest BCUT2D eigenvalue weighted by Gasteiger charge is 2.28. The van der Waals surface area contributed by atoms with Crippen LogP contribution >= 0.6 is 27.5 Å². The van der Waals surface area contributed by atoms with Gasteiger partial charge in [0.25, 0.3) is 0 Å². The molecule has 1 unspecified atom stereocenters. The first-order valence-electron chi connectivity index (χ1n) is 6.11. The van der Waals surface area contributed by atoms with Crippen LogP contribution in [0.15, 0.2) is 46.9 Å². The van der Waals surface area contributed by atoms with E-state index < -0.39 is 0 Å². The van der Waals surface area contributed by atoms with Gasteiger partial charge in [-0.2, -0.15) is 0 Å². The second kappa shape index (κ2) is 5.16. The van der Waals surface area contributed by atoms with Gasteiger partial charge in [-0.1, -0.05) is 45.7 Å². The number of nitrogens with two attached hydrogens (primary N) is 1. The van der Waals surface area contributed by atoms with Crippen LogP contribution in [0.5, 0.6) is 5.75 Å². The molecular formula is C15H13BrClNO. The molecule has 0 saturated carbocycles. The first-order valence-corrected chi connectivity index (χ1v) is 7.28. The number of hydrogen-bond donors (Lipinski definition) is 1. The summed E-state index contributed by atoms with van der Waals surface area (Å²) in [5.74, 6) is 0.823. The molecule has 0 fully saturated rings. The number of hydrogen-bond acceptors (Lipinski definition) is 2. The third-order valence-electron chi connectivity index (χ3n) is 3.36. The van der Waals surface area contributed by atoms with Crippen molar-refractivity contribution in [3.63, 3.8) is 0 Å². The summed E-state index contributed by atoms with van der Waals surface area (Å²) in [6.07, 6.45) is 0.718. The van der Waals surface area contributed by atoms with E-state index in [-0.39, 0.29) is 12.1 Å². The van der Waals surface area contributed by atoms with Gasteiger partial charge in [-0.15, -0.1) is 0 Å². The molecule has 0 bridgehead atoms. The maximum Gasteiger partial charge on any atom is 0.127 e. The molecule has 4 heteroatoms. The number of fused-ring (bicyclic) bond motifs is 1. The second-order valence-corrected chi connectivity index (χ2v) is 5.94. The first-order chi connectivity index (χ1) is 9.15. The molecule has 98 valence electrons. The van der Waals surface area contributed by atoms with Crippen LogP contribution in [0.3, 0.4) is 0 Å². The van der Waals surface area contributed by atoms with Gasteiger partial charge >= 0.3 is 0 Å². The Morgan fingerprint density at radius 3 is 2.74 bits per heavy atom. The SMILES string of the molecule is N[C@H]1CC(c2ccccc2Br)Oc2ccc(Cl)cc21. The normalized spacial score (nSPS) is 21.6. The predicted octanol–water partition coefficient (Wildman–Crippen LogP) is 4.63. The molecule has 0 aliphatic carbocycles. The maximum atomic E-state index is 6.24. The minimum absolute atomic E-state index is 0.0285. The molecule has 0 aromatic heterocycles. The lowest BCUT2D eigenvalue weighted by atomic mass is 9.94. The summed E-state index contributed by atoms with van der Waals surface area (Å²) >= 11 is 9.56. The van der Waals surface area contributed by atoms with Crippen LogP contribution in [0.1, 0.15) is 29.7 Å². The van der Waals surface area contributed by atoms with E-state index in [1.165, 1.54) is 0 Å². The first kappa shape index (κ1) is 13.0. The second-order valence-electron chi connectivity index (χ2n) is 4.65. The van der Waals surface area contributed by atoms with E-state index in [1.54, 1.807) is 0 Å². The van der Waals surface area contributed by atoms with Crippen LogP contribution in [0, 0.1) is 0 Å². The smallest absolute Gasteiger partial charge is 0.127 e. The van der Waals surface area contributed by atoms with E-state index in [0.29, 0.717) is 5.02 Å². The molecule has 2 aromatic carbocycles. The molecule has 1 heterocycles. The molecule has 0 saturated heterocycles. The zero-order chi connectivity index (χ0) is 13.4. The van der Waals surface area contributed by atoms with Crippen molar-refractivity contribution in [2.75, 3.05) is 0 Å². The molecular weight excluding hydrogens is 326 g/mol. The molecule has 0 amide bonds. The average molecular weight is 339 g/mol. The van der Waals surface area contributed by atoms with E-state index in [0.717, 1.165) is 27.8 Å². The van der Waals surface area contributed by atoms with Gasteiger partial charge in [0, 0.05) is 33.1 Å². The monoisotopic (exact) mass is 337 g/mol. The third kappa shape index (κ3) is 2.50. The van der Waals surface area contributed by atoms with E-state index in [4.69, 9.17) is 22.1 Å². The summed E-state index contributed by atoms with van der Waals surface area (Å²) in [6, 6.07) is 13.6. The summed E-state index contributed by atoms with van der Waals surface area (Å²) in [4.78, 5) is 0. The van der Waals surface area contributed by atoms with Crippen LogP contribution < -0.4 is 10.5 Å². The third-order valence-corrected chi connectivity index (χ3v) is 4.32. The average Bonchev–Trinajstić information content (AvgIpc) is 2.40. The summed E-state index contributed by atoms with van der Waals surface area (Å²) < 4.78 is 7.10. The van der Waals surface area contributed by atoms with Crippen molar-refractivity contribution < 1.29 is 4.74 Å². The minimum atomic E-state index is -0.0560. The fraction of sp³-hybridized carbons (Fsp3) is 0.200. The molecule has 2 N–H and O–H groups in total. The van der Waals surface area contributed by atoms with Gasteiger partial charge in [-0.3, -0.25) is 0 Å². The van der Waals surface area contributed by atoms with Crippen LogP contribution in [0.25, 0.3) is 0 Å². The molecule has 2 atom stereocenters. The van der Waals surface area contributed by atoms with Gasteiger partial charge < -0.3 is 10.5 Å². The maximum absolute atomic E-state index is 6.24. The Hall–Kier alpha value is -1.03. The van der Waals surface area contributed by atoms with Crippen molar-refractivity contribution in [2.24, 2.45) is 5.73 Å². The number of rotatable bonds is 1. The van der Waals surface area contributed by atoms with Gasteiger partial charge in [-0.25, -0.2) is 0 Å². The van der Waals surface area contributed by atoms with Gasteiger partial charge in [0.15, 0.2) is 0 Å². The highest BCUT2D eigenvalue weighted by atomic mass is 79.9. The summed E-state index contributed by atoms with van der Waals surface area (Å²) in [5.41, 5.74) is 8.34. The van der Waals surface area contributed by atoms with Crippen molar-refractivity contribution in [2.45, 2.75) is 18.6 Å². The Balaban J connectivity index is 1.97. The number of halogens is 2. The van der Waals surface area contributed by atoms with Crippen LogP contribution in [-0.4, -0.2) is 0 Å². The van der Waals surface area contributed by atoms with Crippen molar-refractivity contribution in [1.82, 2.24) is 0 Å². The topological polar surface area (TPSA) is 35.2 Å². The molecule has 19 heavy (non-hydrogen) atoms. The number of ether oxygens (including phenoxy) is 1. The summed E-state index contributed by atoms with van der Waals surface area (Å²) in [5, 5.41) is 0.692. The van der Waals surface area contributed by atoms with E-state index >= 15 is 0 Å². The molecule has 2 aromatic rings.